The van der Waals surface area contributed by atoms with E-state index in [0.717, 1.165) is 23.8 Å². The Morgan fingerprint density at radius 2 is 1.69 bits per heavy atom. The minimum Gasteiger partial charge on any atom is -0.334 e. The Hall–Kier alpha value is -3.67. The smallest absolute Gasteiger partial charge is 0.334 e. The van der Waals surface area contributed by atoms with Crippen molar-refractivity contribution in [2.75, 3.05) is 10.0 Å². The Labute approximate surface area is 180 Å². The fraction of sp³-hybridized carbons (Fsp3) is 0.100. The largest absolute Gasteiger partial charge is 0.419 e. The summed E-state index contributed by atoms with van der Waals surface area (Å²) in [7, 11) is -4.25. The quantitative estimate of drug-likeness (QED) is 0.468. The van der Waals surface area contributed by atoms with E-state index in [1.54, 1.807) is 24.5 Å². The Morgan fingerprint density at radius 1 is 1.00 bits per heavy atom. The number of aromatic nitrogens is 1. The van der Waals surface area contributed by atoms with E-state index in [2.05, 4.69) is 15.6 Å². The molecule has 32 heavy (non-hydrogen) atoms. The molecule has 0 aliphatic rings. The van der Waals surface area contributed by atoms with Crippen molar-refractivity contribution in [1.29, 1.82) is 0 Å². The van der Waals surface area contributed by atoms with E-state index >= 15 is 0 Å². The number of rotatable bonds is 6. The van der Waals surface area contributed by atoms with E-state index < -0.39 is 39.3 Å². The van der Waals surface area contributed by atoms with Crippen LogP contribution in [0.2, 0.25) is 0 Å². The first-order valence-corrected chi connectivity index (χ1v) is 10.5. The maximum atomic E-state index is 13.4. The lowest BCUT2D eigenvalue weighted by Crippen LogP contribution is -2.28. The van der Waals surface area contributed by atoms with Gasteiger partial charge in [0.15, 0.2) is 0 Å². The third-order valence-corrected chi connectivity index (χ3v) is 5.52. The fourth-order valence-corrected chi connectivity index (χ4v) is 3.65. The highest BCUT2D eigenvalue weighted by molar-refractivity contribution is 7.92. The molecule has 0 spiro atoms. The Kier molecular flexibility index (Phi) is 6.63. The molecule has 0 bridgehead atoms. The first kappa shape index (κ1) is 23.0. The molecule has 3 aromatic rings. The molecule has 7 nitrogen and oxygen atoms in total. The van der Waals surface area contributed by atoms with Crippen LogP contribution in [0, 0.1) is 5.82 Å². The van der Waals surface area contributed by atoms with Gasteiger partial charge in [0.05, 0.1) is 10.5 Å². The van der Waals surface area contributed by atoms with Gasteiger partial charge in [0.2, 0.25) is 0 Å². The van der Waals surface area contributed by atoms with Gasteiger partial charge in [0, 0.05) is 30.3 Å². The molecule has 3 rings (SSSR count). The number of hydrogen-bond donors (Lipinski definition) is 3. The minimum absolute atomic E-state index is 0.230. The topological polar surface area (TPSA) is 100 Å². The molecule has 2 amide bonds. The summed E-state index contributed by atoms with van der Waals surface area (Å²) in [6, 6.07) is 9.68. The molecule has 0 fully saturated rings. The van der Waals surface area contributed by atoms with Crippen LogP contribution in [-0.2, 0) is 22.7 Å². The Balaban J connectivity index is 1.65. The Morgan fingerprint density at radius 3 is 2.31 bits per heavy atom. The number of urea groups is 1. The molecule has 12 heteroatoms. The molecule has 168 valence electrons. The number of carbonyl (C=O) groups is 1. The van der Waals surface area contributed by atoms with Crippen LogP contribution in [0.5, 0.6) is 0 Å². The van der Waals surface area contributed by atoms with Gasteiger partial charge in [-0.2, -0.15) is 13.2 Å². The number of carbonyl (C=O) groups excluding carboxylic acids is 1. The van der Waals surface area contributed by atoms with Gasteiger partial charge in [-0.25, -0.2) is 17.6 Å². The van der Waals surface area contributed by atoms with Gasteiger partial charge in [-0.3, -0.25) is 9.71 Å². The molecular weight excluding hydrogens is 452 g/mol. The lowest BCUT2D eigenvalue weighted by molar-refractivity contribution is -0.139. The number of sulfonamides is 1. The van der Waals surface area contributed by atoms with Crippen molar-refractivity contribution in [2.45, 2.75) is 17.6 Å². The van der Waals surface area contributed by atoms with E-state index in [1.165, 1.54) is 12.1 Å². The van der Waals surface area contributed by atoms with E-state index in [4.69, 9.17) is 0 Å². The average molecular weight is 468 g/mol. The first-order chi connectivity index (χ1) is 15.0. The number of benzene rings is 2. The standard InChI is InChI=1S/C20H16F4N4O3S/c21-18-8-5-15(10-17(18)20(22,23)24)28-32(30,31)16-6-3-14(4-7-16)27-19(29)26-12-13-2-1-9-25-11-13/h1-11,28H,12H2,(H2,26,27,29). The number of alkyl halides is 3. The molecular formula is C20H16F4N4O3S. The Bertz CT molecular complexity index is 1200. The monoisotopic (exact) mass is 468 g/mol. The number of nitrogens with zero attached hydrogens (tertiary/aromatic N) is 1. The second kappa shape index (κ2) is 9.22. The van der Waals surface area contributed by atoms with Gasteiger partial charge in [0.1, 0.15) is 5.82 Å². The van der Waals surface area contributed by atoms with Gasteiger partial charge < -0.3 is 10.6 Å². The van der Waals surface area contributed by atoms with Crippen LogP contribution in [0.25, 0.3) is 0 Å². The maximum Gasteiger partial charge on any atom is 0.419 e. The zero-order valence-corrected chi connectivity index (χ0v) is 17.0. The van der Waals surface area contributed by atoms with Crippen molar-refractivity contribution < 1.29 is 30.8 Å². The molecule has 0 radical (unpaired) electrons. The van der Waals surface area contributed by atoms with Crippen molar-refractivity contribution in [2.24, 2.45) is 0 Å². The summed E-state index contributed by atoms with van der Waals surface area (Å²) in [6.45, 7) is 0.230. The molecule has 0 saturated carbocycles. The third kappa shape index (κ3) is 5.94. The molecule has 1 aromatic heterocycles. The van der Waals surface area contributed by atoms with Crippen LogP contribution in [-0.4, -0.2) is 19.4 Å². The van der Waals surface area contributed by atoms with Gasteiger partial charge in [0.25, 0.3) is 10.0 Å². The molecule has 0 aliphatic carbocycles. The second-order valence-electron chi connectivity index (χ2n) is 6.49. The minimum atomic E-state index is -4.98. The van der Waals surface area contributed by atoms with Gasteiger partial charge in [-0.05, 0) is 54.1 Å². The summed E-state index contributed by atoms with van der Waals surface area (Å²) >= 11 is 0. The maximum absolute atomic E-state index is 13.4. The fourth-order valence-electron chi connectivity index (χ4n) is 2.60. The van der Waals surface area contributed by atoms with Crippen molar-refractivity contribution >= 4 is 27.4 Å². The molecule has 0 aliphatic heterocycles. The summed E-state index contributed by atoms with van der Waals surface area (Å²) in [5.74, 6) is -1.52. The normalized spacial score (nSPS) is 11.6. The highest BCUT2D eigenvalue weighted by Crippen LogP contribution is 2.33. The predicted octanol–water partition coefficient (Wildman–Crippen LogP) is 4.36. The zero-order valence-electron chi connectivity index (χ0n) is 16.2. The van der Waals surface area contributed by atoms with Crippen LogP contribution >= 0.6 is 0 Å². The van der Waals surface area contributed by atoms with E-state index in [9.17, 15) is 30.8 Å². The molecule has 3 N–H and O–H groups in total. The van der Waals surface area contributed by atoms with Crippen LogP contribution in [0.3, 0.4) is 0 Å². The van der Waals surface area contributed by atoms with Crippen molar-refractivity contribution in [3.63, 3.8) is 0 Å². The highest BCUT2D eigenvalue weighted by Gasteiger charge is 2.34. The van der Waals surface area contributed by atoms with Crippen LogP contribution in [0.1, 0.15) is 11.1 Å². The predicted molar refractivity (Wildman–Crippen MR) is 109 cm³/mol. The van der Waals surface area contributed by atoms with E-state index in [-0.39, 0.29) is 17.1 Å². The summed E-state index contributed by atoms with van der Waals surface area (Å²) in [6.07, 6.45) is -1.79. The van der Waals surface area contributed by atoms with Gasteiger partial charge in [-0.15, -0.1) is 0 Å². The number of amides is 2. The van der Waals surface area contributed by atoms with Gasteiger partial charge >= 0.3 is 12.2 Å². The van der Waals surface area contributed by atoms with Gasteiger partial charge in [-0.1, -0.05) is 6.07 Å². The SMILES string of the molecule is O=C(NCc1cccnc1)Nc1ccc(S(=O)(=O)Nc2ccc(F)c(C(F)(F)F)c2)cc1. The number of anilines is 2. The van der Waals surface area contributed by atoms with Crippen molar-refractivity contribution in [3.05, 3.63) is 83.9 Å². The summed E-state index contributed by atoms with van der Waals surface area (Å²) < 4.78 is 78.7. The second-order valence-corrected chi connectivity index (χ2v) is 8.17. The van der Waals surface area contributed by atoms with Crippen LogP contribution in [0.15, 0.2) is 71.9 Å². The average Bonchev–Trinajstić information content (AvgIpc) is 2.74. The first-order valence-electron chi connectivity index (χ1n) is 8.98. The molecule has 0 saturated heterocycles. The van der Waals surface area contributed by atoms with E-state index in [1.807, 2.05) is 4.72 Å². The molecule has 0 unspecified atom stereocenters. The summed E-state index contributed by atoms with van der Waals surface area (Å²) in [4.78, 5) is 15.6. The highest BCUT2D eigenvalue weighted by atomic mass is 32.2. The number of hydrogen-bond acceptors (Lipinski definition) is 4. The summed E-state index contributed by atoms with van der Waals surface area (Å²) in [5, 5.41) is 5.12. The lowest BCUT2D eigenvalue weighted by atomic mass is 10.2. The summed E-state index contributed by atoms with van der Waals surface area (Å²) in [5.41, 5.74) is -0.969. The van der Waals surface area contributed by atoms with Crippen LogP contribution < -0.4 is 15.4 Å². The molecule has 0 atom stereocenters. The number of pyridine rings is 1. The van der Waals surface area contributed by atoms with Crippen LogP contribution in [0.4, 0.5) is 33.7 Å². The third-order valence-electron chi connectivity index (χ3n) is 4.12. The molecule has 1 heterocycles. The number of nitrogens with one attached hydrogen (secondary N) is 3. The zero-order chi connectivity index (χ0) is 23.4. The van der Waals surface area contributed by atoms with Crippen molar-refractivity contribution in [3.8, 4) is 0 Å². The van der Waals surface area contributed by atoms with E-state index in [0.29, 0.717) is 12.1 Å². The van der Waals surface area contributed by atoms with Crippen molar-refractivity contribution in [1.82, 2.24) is 10.3 Å². The molecule has 2 aromatic carbocycles. The number of halogens is 4. The lowest BCUT2D eigenvalue weighted by Gasteiger charge is -2.13.